The lowest BCUT2D eigenvalue weighted by atomic mass is 10.2. The average molecular weight is 247 g/mol. The van der Waals surface area contributed by atoms with Gasteiger partial charge in [-0.3, -0.25) is 20.0 Å². The van der Waals surface area contributed by atoms with Gasteiger partial charge in [-0.2, -0.15) is 5.10 Å². The minimum atomic E-state index is -0.498. The number of non-ortho nitro benzene ring substituents is 1. The van der Waals surface area contributed by atoms with Crippen LogP contribution in [0.1, 0.15) is 10.6 Å². The molecule has 0 radical (unpaired) electrons. The Bertz CT molecular complexity index is 564. The summed E-state index contributed by atoms with van der Waals surface area (Å²) in [5.41, 5.74) is 0.501. The van der Waals surface area contributed by atoms with Crippen molar-refractivity contribution < 1.29 is 9.72 Å². The van der Waals surface area contributed by atoms with Gasteiger partial charge in [-0.05, 0) is 12.1 Å². The number of carbonyl (C=O) groups is 1. The molecule has 92 valence electrons. The molecule has 8 nitrogen and oxygen atoms in total. The monoisotopic (exact) mass is 247 g/mol. The summed E-state index contributed by atoms with van der Waals surface area (Å²) in [5.74, 6) is -0.266. The van der Waals surface area contributed by atoms with Gasteiger partial charge in [-0.15, -0.1) is 0 Å². The van der Waals surface area contributed by atoms with Gasteiger partial charge in [0.2, 0.25) is 5.82 Å². The molecule has 2 rings (SSSR count). The number of anilines is 1. The molecule has 18 heavy (non-hydrogen) atoms. The quantitative estimate of drug-likeness (QED) is 0.643. The van der Waals surface area contributed by atoms with Gasteiger partial charge in [0.15, 0.2) is 0 Å². The molecule has 1 aromatic heterocycles. The first-order valence-electron chi connectivity index (χ1n) is 4.97. The fraction of sp³-hybridized carbons (Fsp3) is 0.100. The summed E-state index contributed by atoms with van der Waals surface area (Å²) < 4.78 is 0. The predicted octanol–water partition coefficient (Wildman–Crippen LogP) is 0.990. The summed E-state index contributed by atoms with van der Waals surface area (Å²) in [6, 6.07) is 5.65. The van der Waals surface area contributed by atoms with E-state index in [1.54, 1.807) is 7.05 Å². The van der Waals surface area contributed by atoms with Gasteiger partial charge in [-0.1, -0.05) is 0 Å². The van der Waals surface area contributed by atoms with E-state index >= 15 is 0 Å². The molecular formula is C10H9N5O3. The van der Waals surface area contributed by atoms with E-state index in [1.165, 1.54) is 35.5 Å². The zero-order chi connectivity index (χ0) is 13.1. The van der Waals surface area contributed by atoms with E-state index in [0.717, 1.165) is 0 Å². The van der Waals surface area contributed by atoms with Crippen molar-refractivity contribution >= 4 is 17.3 Å². The third-order valence-corrected chi connectivity index (χ3v) is 2.37. The van der Waals surface area contributed by atoms with Crippen molar-refractivity contribution in [2.24, 2.45) is 0 Å². The Labute approximate surface area is 101 Å². The molecule has 0 saturated heterocycles. The molecule has 0 fully saturated rings. The number of amides is 1. The lowest BCUT2D eigenvalue weighted by molar-refractivity contribution is -0.384. The third-order valence-electron chi connectivity index (χ3n) is 2.37. The van der Waals surface area contributed by atoms with E-state index < -0.39 is 4.92 Å². The fourth-order valence-corrected chi connectivity index (χ4v) is 1.38. The Morgan fingerprint density at radius 3 is 2.56 bits per heavy atom. The van der Waals surface area contributed by atoms with Crippen LogP contribution in [0, 0.1) is 10.1 Å². The SMILES string of the molecule is CN(C(=O)c1ncn[nH]1)c1ccc([N+](=O)[O-])cc1. The molecule has 1 N–H and O–H groups in total. The van der Waals surface area contributed by atoms with Crippen LogP contribution in [0.3, 0.4) is 0 Å². The zero-order valence-corrected chi connectivity index (χ0v) is 9.40. The Kier molecular flexibility index (Phi) is 3.00. The second-order valence-electron chi connectivity index (χ2n) is 3.47. The fourth-order valence-electron chi connectivity index (χ4n) is 1.38. The molecule has 0 bridgehead atoms. The van der Waals surface area contributed by atoms with Gasteiger partial charge in [0.1, 0.15) is 6.33 Å². The zero-order valence-electron chi connectivity index (χ0n) is 9.40. The Balaban J connectivity index is 2.21. The number of nitrogens with one attached hydrogen (secondary N) is 1. The number of H-pyrrole nitrogens is 1. The topological polar surface area (TPSA) is 105 Å². The van der Waals surface area contributed by atoms with Crippen molar-refractivity contribution in [3.63, 3.8) is 0 Å². The second-order valence-corrected chi connectivity index (χ2v) is 3.47. The van der Waals surface area contributed by atoms with Gasteiger partial charge >= 0.3 is 0 Å². The Morgan fingerprint density at radius 1 is 1.39 bits per heavy atom. The number of hydrogen-bond acceptors (Lipinski definition) is 5. The molecule has 0 spiro atoms. The molecule has 8 heteroatoms. The van der Waals surface area contributed by atoms with E-state index in [2.05, 4.69) is 15.2 Å². The Hall–Kier alpha value is -2.77. The maximum atomic E-state index is 11.9. The molecule has 0 aliphatic carbocycles. The van der Waals surface area contributed by atoms with Gasteiger partial charge in [0.25, 0.3) is 11.6 Å². The first-order valence-corrected chi connectivity index (χ1v) is 4.97. The summed E-state index contributed by atoms with van der Waals surface area (Å²) in [5, 5.41) is 16.5. The smallest absolute Gasteiger partial charge is 0.295 e. The highest BCUT2D eigenvalue weighted by Crippen LogP contribution is 2.19. The summed E-state index contributed by atoms with van der Waals surface area (Å²) in [4.78, 5) is 27.0. The standard InChI is InChI=1S/C10H9N5O3/c1-14(10(16)9-11-6-12-13-9)7-2-4-8(5-3-7)15(17)18/h2-6H,1H3,(H,11,12,13). The van der Waals surface area contributed by atoms with Crippen molar-refractivity contribution in [1.29, 1.82) is 0 Å². The lowest BCUT2D eigenvalue weighted by Crippen LogP contribution is -2.27. The van der Waals surface area contributed by atoms with Crippen LogP contribution in [-0.2, 0) is 0 Å². The summed E-state index contributed by atoms with van der Waals surface area (Å²) in [7, 11) is 1.55. The second kappa shape index (κ2) is 4.62. The lowest BCUT2D eigenvalue weighted by Gasteiger charge is -2.15. The number of nitrogens with zero attached hydrogens (tertiary/aromatic N) is 4. The normalized spacial score (nSPS) is 10.1. The summed E-state index contributed by atoms with van der Waals surface area (Å²) >= 11 is 0. The first kappa shape index (κ1) is 11.7. The van der Waals surface area contributed by atoms with Crippen LogP contribution < -0.4 is 4.90 Å². The van der Waals surface area contributed by atoms with Gasteiger partial charge in [0.05, 0.1) is 4.92 Å². The van der Waals surface area contributed by atoms with Crippen LogP contribution in [0.2, 0.25) is 0 Å². The highest BCUT2D eigenvalue weighted by molar-refractivity contribution is 6.03. The van der Waals surface area contributed by atoms with Crippen LogP contribution in [0.5, 0.6) is 0 Å². The number of benzene rings is 1. The van der Waals surface area contributed by atoms with Crippen molar-refractivity contribution in [3.05, 3.63) is 46.5 Å². The number of nitro groups is 1. The van der Waals surface area contributed by atoms with E-state index in [0.29, 0.717) is 5.69 Å². The predicted molar refractivity (Wildman–Crippen MR) is 62.2 cm³/mol. The molecular weight excluding hydrogens is 238 g/mol. The first-order chi connectivity index (χ1) is 8.59. The molecule has 1 aromatic carbocycles. The third kappa shape index (κ3) is 2.17. The van der Waals surface area contributed by atoms with Crippen molar-refractivity contribution in [2.75, 3.05) is 11.9 Å². The average Bonchev–Trinajstić information content (AvgIpc) is 2.91. The van der Waals surface area contributed by atoms with Gasteiger partial charge in [-0.25, -0.2) is 4.98 Å². The maximum absolute atomic E-state index is 11.9. The van der Waals surface area contributed by atoms with Crippen molar-refractivity contribution in [1.82, 2.24) is 15.2 Å². The summed E-state index contributed by atoms with van der Waals surface area (Å²) in [6.07, 6.45) is 1.23. The highest BCUT2D eigenvalue weighted by Gasteiger charge is 2.16. The number of nitro benzene ring substituents is 1. The minimum absolute atomic E-state index is 0.0285. The number of rotatable bonds is 3. The Morgan fingerprint density at radius 2 is 2.06 bits per heavy atom. The molecule has 0 saturated carbocycles. The molecule has 0 atom stereocenters. The number of carbonyl (C=O) groups excluding carboxylic acids is 1. The summed E-state index contributed by atoms with van der Waals surface area (Å²) in [6.45, 7) is 0. The molecule has 0 aliphatic rings. The van der Waals surface area contributed by atoms with E-state index in [-0.39, 0.29) is 17.4 Å². The molecule has 1 heterocycles. The van der Waals surface area contributed by atoms with Crippen LogP contribution in [0.15, 0.2) is 30.6 Å². The van der Waals surface area contributed by atoms with E-state index in [4.69, 9.17) is 0 Å². The molecule has 1 amide bonds. The molecule has 2 aromatic rings. The van der Waals surface area contributed by atoms with E-state index in [9.17, 15) is 14.9 Å². The van der Waals surface area contributed by atoms with Crippen LogP contribution in [-0.4, -0.2) is 33.1 Å². The number of aromatic nitrogens is 3. The molecule has 0 unspecified atom stereocenters. The van der Waals surface area contributed by atoms with E-state index in [1.807, 2.05) is 0 Å². The van der Waals surface area contributed by atoms with Crippen LogP contribution in [0.4, 0.5) is 11.4 Å². The number of hydrogen-bond donors (Lipinski definition) is 1. The van der Waals surface area contributed by atoms with Gasteiger partial charge in [0, 0.05) is 24.9 Å². The van der Waals surface area contributed by atoms with Crippen molar-refractivity contribution in [2.45, 2.75) is 0 Å². The van der Waals surface area contributed by atoms with Crippen LogP contribution >= 0.6 is 0 Å². The number of aromatic amines is 1. The maximum Gasteiger partial charge on any atom is 0.295 e. The largest absolute Gasteiger partial charge is 0.309 e. The van der Waals surface area contributed by atoms with Gasteiger partial charge < -0.3 is 4.90 Å². The molecule has 0 aliphatic heterocycles. The minimum Gasteiger partial charge on any atom is -0.309 e. The van der Waals surface area contributed by atoms with Crippen molar-refractivity contribution in [3.8, 4) is 0 Å². The van der Waals surface area contributed by atoms with Crippen LogP contribution in [0.25, 0.3) is 0 Å². The highest BCUT2D eigenvalue weighted by atomic mass is 16.6.